The molecule has 4 heterocycles. The standard InChI is InChI=1S/C28H26BF2N3O7S/c1-15-3-4-18-21(11-15)42-13-16-17(5-6-19(30)23(16)31)28(18,29)34-22-12-39-10-9-32(22)26(36)24-25(20(35)7-8-33(24)34)40-14-41-27(37)38-2/h3-8,11,22H,9-10,12-14,29H2,1-2H3/t22-,28-/m1/s1. The fourth-order valence-corrected chi connectivity index (χ4v) is 7.20. The molecule has 10 nitrogen and oxygen atoms in total. The van der Waals surface area contributed by atoms with Crippen molar-refractivity contribution in [3.63, 3.8) is 0 Å². The Hall–Kier alpha value is -4.04. The van der Waals surface area contributed by atoms with Crippen LogP contribution in [0.4, 0.5) is 13.6 Å². The number of benzene rings is 2. The zero-order chi connectivity index (χ0) is 29.8. The predicted octanol–water partition coefficient (Wildman–Crippen LogP) is 2.44. The lowest BCUT2D eigenvalue weighted by atomic mass is 9.65. The number of nitrogens with zero attached hydrogens (tertiary/aromatic N) is 3. The van der Waals surface area contributed by atoms with Crippen molar-refractivity contribution < 1.29 is 37.3 Å². The minimum absolute atomic E-state index is 0.106. The van der Waals surface area contributed by atoms with E-state index in [0.29, 0.717) is 5.56 Å². The van der Waals surface area contributed by atoms with E-state index in [4.69, 9.17) is 14.2 Å². The number of morpholine rings is 1. The quantitative estimate of drug-likeness (QED) is 0.255. The molecule has 0 aliphatic carbocycles. The third-order valence-electron chi connectivity index (χ3n) is 7.88. The van der Waals surface area contributed by atoms with Crippen molar-refractivity contribution in [1.29, 1.82) is 0 Å². The SMILES string of the molecule is B[C@]1(N2[C@@H]3COCCN3C(=O)c3c(OCOC(=O)OC)c(=O)ccn32)c2ccc(C)cc2SCc2c1ccc(F)c2F. The van der Waals surface area contributed by atoms with Crippen LogP contribution in [-0.2, 0) is 25.4 Å². The number of rotatable bonds is 4. The predicted molar refractivity (Wildman–Crippen MR) is 150 cm³/mol. The average Bonchev–Trinajstić information content (AvgIpc) is 3.10. The number of hydrogen-bond acceptors (Lipinski definition) is 9. The number of fused-ring (bicyclic) bond motifs is 4. The summed E-state index contributed by atoms with van der Waals surface area (Å²) >= 11 is 1.40. The summed E-state index contributed by atoms with van der Waals surface area (Å²) < 4.78 is 52.3. The van der Waals surface area contributed by atoms with Crippen molar-refractivity contribution in [2.75, 3.05) is 38.7 Å². The van der Waals surface area contributed by atoms with E-state index in [1.165, 1.54) is 28.7 Å². The van der Waals surface area contributed by atoms with Crippen LogP contribution in [0.5, 0.6) is 5.75 Å². The second-order valence-corrected chi connectivity index (χ2v) is 11.2. The molecule has 6 rings (SSSR count). The molecular weight excluding hydrogens is 571 g/mol. The van der Waals surface area contributed by atoms with Gasteiger partial charge in [-0.1, -0.05) is 18.2 Å². The lowest BCUT2D eigenvalue weighted by Gasteiger charge is -2.56. The molecule has 2 atom stereocenters. The third kappa shape index (κ3) is 4.31. The number of pyridine rings is 1. The van der Waals surface area contributed by atoms with E-state index in [2.05, 4.69) is 4.74 Å². The molecule has 2 aromatic carbocycles. The first-order valence-corrected chi connectivity index (χ1v) is 14.1. The highest BCUT2D eigenvalue weighted by Gasteiger charge is 2.51. The van der Waals surface area contributed by atoms with Crippen LogP contribution >= 0.6 is 11.8 Å². The van der Waals surface area contributed by atoms with Gasteiger partial charge in [0.1, 0.15) is 14.0 Å². The summed E-state index contributed by atoms with van der Waals surface area (Å²) in [5.74, 6) is -2.54. The van der Waals surface area contributed by atoms with Crippen molar-refractivity contribution >= 4 is 31.7 Å². The van der Waals surface area contributed by atoms with Gasteiger partial charge in [-0.3, -0.25) is 19.3 Å². The number of thioether (sulfide) groups is 1. The van der Waals surface area contributed by atoms with Crippen LogP contribution in [0.15, 0.2) is 52.3 Å². The Morgan fingerprint density at radius 3 is 2.76 bits per heavy atom. The summed E-state index contributed by atoms with van der Waals surface area (Å²) in [7, 11) is 3.01. The molecule has 1 fully saturated rings. The van der Waals surface area contributed by atoms with E-state index < -0.39 is 47.5 Å². The number of halogens is 2. The first-order chi connectivity index (χ1) is 20.2. The molecule has 0 bridgehead atoms. The summed E-state index contributed by atoms with van der Waals surface area (Å²) in [6.45, 7) is 1.85. The number of methoxy groups -OCH3 is 1. The maximum atomic E-state index is 15.5. The molecule has 218 valence electrons. The summed E-state index contributed by atoms with van der Waals surface area (Å²) in [6.07, 6.45) is -0.266. The molecule has 1 amide bonds. The molecule has 0 unspecified atom stereocenters. The molecule has 0 radical (unpaired) electrons. The average molecular weight is 597 g/mol. The summed E-state index contributed by atoms with van der Waals surface area (Å²) in [5.41, 5.74) is 0.557. The van der Waals surface area contributed by atoms with Gasteiger partial charge in [0.2, 0.25) is 18.0 Å². The van der Waals surface area contributed by atoms with Gasteiger partial charge in [-0.25, -0.2) is 13.6 Å². The van der Waals surface area contributed by atoms with Crippen LogP contribution in [0.2, 0.25) is 0 Å². The highest BCUT2D eigenvalue weighted by atomic mass is 32.2. The Bertz CT molecular complexity index is 1670. The number of aryl methyl sites for hydroxylation is 1. The zero-order valence-corrected chi connectivity index (χ0v) is 23.8. The van der Waals surface area contributed by atoms with E-state index in [1.807, 2.05) is 38.0 Å². The number of carbonyl (C=O) groups excluding carboxylic acids is 2. The van der Waals surface area contributed by atoms with Gasteiger partial charge >= 0.3 is 6.16 Å². The number of amides is 1. The summed E-state index contributed by atoms with van der Waals surface area (Å²) in [6, 6.07) is 9.78. The topological polar surface area (TPSA) is 99.5 Å². The molecule has 1 saturated heterocycles. The van der Waals surface area contributed by atoms with Gasteiger partial charge in [0.25, 0.3) is 5.91 Å². The monoisotopic (exact) mass is 597 g/mol. The normalized spacial score (nSPS) is 21.0. The maximum Gasteiger partial charge on any atom is 0.510 e. The van der Waals surface area contributed by atoms with E-state index in [9.17, 15) is 18.8 Å². The van der Waals surface area contributed by atoms with Crippen LogP contribution in [0.25, 0.3) is 0 Å². The third-order valence-corrected chi connectivity index (χ3v) is 8.96. The Morgan fingerprint density at radius 1 is 1.19 bits per heavy atom. The van der Waals surface area contributed by atoms with Gasteiger partial charge in [-0.15, -0.1) is 11.8 Å². The van der Waals surface area contributed by atoms with Crippen LogP contribution < -0.4 is 15.2 Å². The molecule has 3 aromatic rings. The van der Waals surface area contributed by atoms with E-state index in [1.54, 1.807) is 11.0 Å². The molecule has 3 aliphatic rings. The van der Waals surface area contributed by atoms with Crippen LogP contribution in [0.1, 0.15) is 32.7 Å². The van der Waals surface area contributed by atoms with E-state index in [0.717, 1.165) is 29.2 Å². The van der Waals surface area contributed by atoms with Crippen LogP contribution in [-0.4, -0.2) is 69.3 Å². The number of hydrogen-bond donors (Lipinski definition) is 0. The molecular formula is C28H26BF2N3O7S. The van der Waals surface area contributed by atoms with Gasteiger partial charge in [0.05, 0.1) is 25.8 Å². The Morgan fingerprint density at radius 2 is 1.98 bits per heavy atom. The highest BCUT2D eigenvalue weighted by Crippen LogP contribution is 2.47. The molecule has 14 heteroatoms. The van der Waals surface area contributed by atoms with Crippen molar-refractivity contribution in [3.05, 3.63) is 92.4 Å². The largest absolute Gasteiger partial charge is 0.510 e. The number of aromatic nitrogens is 1. The highest BCUT2D eigenvalue weighted by molar-refractivity contribution is 7.98. The molecule has 0 N–H and O–H groups in total. The Labute approximate surface area is 244 Å². The van der Waals surface area contributed by atoms with Gasteiger partial charge < -0.3 is 23.8 Å². The maximum absolute atomic E-state index is 15.5. The minimum atomic E-state index is -1.20. The summed E-state index contributed by atoms with van der Waals surface area (Å²) in [4.78, 5) is 41.0. The minimum Gasteiger partial charge on any atom is -0.451 e. The van der Waals surface area contributed by atoms with Gasteiger partial charge in [0.15, 0.2) is 17.3 Å². The van der Waals surface area contributed by atoms with Gasteiger partial charge in [-0.05, 0) is 35.7 Å². The molecule has 42 heavy (non-hydrogen) atoms. The molecule has 0 spiro atoms. The molecule has 1 aromatic heterocycles. The van der Waals surface area contributed by atoms with Crippen molar-refractivity contribution in [2.45, 2.75) is 29.2 Å². The lowest BCUT2D eigenvalue weighted by molar-refractivity contribution is -0.0227. The van der Waals surface area contributed by atoms with Crippen molar-refractivity contribution in [2.24, 2.45) is 0 Å². The van der Waals surface area contributed by atoms with Gasteiger partial charge in [-0.2, -0.15) is 0 Å². The fraction of sp³-hybridized carbons (Fsp3) is 0.321. The van der Waals surface area contributed by atoms with Crippen LogP contribution in [0.3, 0.4) is 0 Å². The fourth-order valence-electron chi connectivity index (χ4n) is 5.92. The van der Waals surface area contributed by atoms with E-state index in [-0.39, 0.29) is 42.5 Å². The van der Waals surface area contributed by atoms with Crippen molar-refractivity contribution in [1.82, 2.24) is 9.58 Å². The number of carbonyl (C=O) groups is 2. The first kappa shape index (κ1) is 28.1. The second-order valence-electron chi connectivity index (χ2n) is 10.2. The van der Waals surface area contributed by atoms with E-state index >= 15 is 4.39 Å². The zero-order valence-electron chi connectivity index (χ0n) is 23.0. The summed E-state index contributed by atoms with van der Waals surface area (Å²) in [5, 5.41) is 1.85. The van der Waals surface area contributed by atoms with Gasteiger partial charge in [0, 0.05) is 35.0 Å². The molecule has 3 aliphatic heterocycles. The smallest absolute Gasteiger partial charge is 0.451 e. The molecule has 0 saturated carbocycles. The number of ether oxygens (including phenoxy) is 4. The van der Waals surface area contributed by atoms with Crippen molar-refractivity contribution in [3.8, 4) is 5.75 Å². The first-order valence-electron chi connectivity index (χ1n) is 13.2. The second kappa shape index (κ2) is 10.7. The van der Waals surface area contributed by atoms with Crippen LogP contribution in [0, 0.1) is 18.6 Å². The Kier molecular flexibility index (Phi) is 7.13. The lowest BCUT2D eigenvalue weighted by Crippen LogP contribution is -2.71. The Balaban J connectivity index is 1.63.